The maximum absolute atomic E-state index is 5.94. The van der Waals surface area contributed by atoms with Gasteiger partial charge in [0.05, 0.1) is 17.4 Å². The third kappa shape index (κ3) is 3.44. The second-order valence-electron chi connectivity index (χ2n) is 5.59. The molecule has 0 radical (unpaired) electrons. The number of halogens is 1. The molecule has 1 atom stereocenters. The Morgan fingerprint density at radius 2 is 2.33 bits per heavy atom. The van der Waals surface area contributed by atoms with Crippen molar-refractivity contribution in [3.05, 3.63) is 29.6 Å². The van der Waals surface area contributed by atoms with Crippen LogP contribution >= 0.6 is 11.6 Å². The van der Waals surface area contributed by atoms with Crippen molar-refractivity contribution in [3.8, 4) is 0 Å². The van der Waals surface area contributed by atoms with Crippen LogP contribution in [0.15, 0.2) is 18.3 Å². The van der Waals surface area contributed by atoms with E-state index in [4.69, 9.17) is 16.3 Å². The van der Waals surface area contributed by atoms with Gasteiger partial charge in [0.15, 0.2) is 0 Å². The van der Waals surface area contributed by atoms with Gasteiger partial charge in [0.25, 0.3) is 0 Å². The number of aryl methyl sites for hydroxylation is 1. The fourth-order valence-electron chi connectivity index (χ4n) is 2.51. The second kappa shape index (κ2) is 5.55. The average molecular weight is 269 g/mol. The van der Waals surface area contributed by atoms with Crippen LogP contribution in [-0.2, 0) is 11.3 Å². The van der Waals surface area contributed by atoms with Gasteiger partial charge in [-0.1, -0.05) is 6.07 Å². The molecule has 0 N–H and O–H groups in total. The lowest BCUT2D eigenvalue weighted by Crippen LogP contribution is -2.52. The highest BCUT2D eigenvalue weighted by Crippen LogP contribution is 2.23. The Morgan fingerprint density at radius 1 is 1.56 bits per heavy atom. The summed E-state index contributed by atoms with van der Waals surface area (Å²) in [5, 5.41) is 0. The van der Waals surface area contributed by atoms with E-state index in [0.29, 0.717) is 5.88 Å². The summed E-state index contributed by atoms with van der Waals surface area (Å²) in [6.07, 6.45) is 1.96. The largest absolute Gasteiger partial charge is 0.368 e. The monoisotopic (exact) mass is 268 g/mol. The number of rotatable bonds is 3. The first kappa shape index (κ1) is 13.8. The zero-order valence-corrected chi connectivity index (χ0v) is 12.1. The molecule has 1 aliphatic heterocycles. The number of hydrogen-bond donors (Lipinski definition) is 0. The van der Waals surface area contributed by atoms with Gasteiger partial charge in [-0.3, -0.25) is 9.88 Å². The van der Waals surface area contributed by atoms with Gasteiger partial charge < -0.3 is 4.74 Å². The van der Waals surface area contributed by atoms with Crippen molar-refractivity contribution >= 4 is 11.6 Å². The Morgan fingerprint density at radius 3 is 3.00 bits per heavy atom. The van der Waals surface area contributed by atoms with E-state index in [9.17, 15) is 0 Å². The molecule has 0 saturated carbocycles. The predicted molar refractivity (Wildman–Crippen MR) is 73.9 cm³/mol. The minimum absolute atomic E-state index is 0.111. The molecule has 3 nitrogen and oxygen atoms in total. The highest BCUT2D eigenvalue weighted by molar-refractivity contribution is 6.18. The third-order valence-corrected chi connectivity index (χ3v) is 3.56. The zero-order chi connectivity index (χ0) is 13.2. The summed E-state index contributed by atoms with van der Waals surface area (Å²) in [5.41, 5.74) is 2.24. The van der Waals surface area contributed by atoms with Crippen molar-refractivity contribution in [2.75, 3.05) is 19.0 Å². The molecular formula is C14H21ClN2O. The second-order valence-corrected chi connectivity index (χ2v) is 5.90. The maximum atomic E-state index is 5.94. The molecule has 2 heterocycles. The summed E-state index contributed by atoms with van der Waals surface area (Å²) in [5.74, 6) is 0.543. The van der Waals surface area contributed by atoms with Gasteiger partial charge in [-0.25, -0.2) is 0 Å². The normalized spacial score (nSPS) is 24.1. The van der Waals surface area contributed by atoms with Crippen LogP contribution in [0.1, 0.15) is 25.1 Å². The van der Waals surface area contributed by atoms with Gasteiger partial charge in [-0.2, -0.15) is 0 Å². The molecule has 0 aromatic carbocycles. The molecule has 0 amide bonds. The Balaban J connectivity index is 2.07. The van der Waals surface area contributed by atoms with Crippen molar-refractivity contribution in [1.82, 2.24) is 9.88 Å². The molecular weight excluding hydrogens is 248 g/mol. The number of pyridine rings is 1. The Kier molecular flexibility index (Phi) is 4.25. The first-order valence-corrected chi connectivity index (χ1v) is 6.90. The van der Waals surface area contributed by atoms with Crippen LogP contribution in [0.4, 0.5) is 0 Å². The molecule has 2 rings (SSSR count). The lowest BCUT2D eigenvalue weighted by atomic mass is 10.0. The molecule has 0 aliphatic carbocycles. The number of aromatic nitrogens is 1. The standard InChI is InChI=1S/C14H21ClN2O/c1-11-5-4-6-16-13(11)9-17-8-12(7-15)18-14(2,3)10-17/h4-6,12H,7-10H2,1-3H3. The summed E-state index contributed by atoms with van der Waals surface area (Å²) < 4.78 is 5.93. The Bertz CT molecular complexity index is 409. The van der Waals surface area contributed by atoms with E-state index in [2.05, 4.69) is 36.7 Å². The van der Waals surface area contributed by atoms with Crippen LogP contribution in [-0.4, -0.2) is 40.6 Å². The molecule has 4 heteroatoms. The van der Waals surface area contributed by atoms with Crippen molar-refractivity contribution in [3.63, 3.8) is 0 Å². The minimum atomic E-state index is -0.138. The van der Waals surface area contributed by atoms with Gasteiger partial charge in [-0.05, 0) is 32.4 Å². The van der Waals surface area contributed by atoms with Crippen LogP contribution in [0.25, 0.3) is 0 Å². The lowest BCUT2D eigenvalue weighted by Gasteiger charge is -2.42. The Labute approximate surface area is 114 Å². The number of morpholine rings is 1. The molecule has 1 aromatic heterocycles. The number of nitrogens with zero attached hydrogens (tertiary/aromatic N) is 2. The van der Waals surface area contributed by atoms with E-state index in [1.165, 1.54) is 5.56 Å². The third-order valence-electron chi connectivity index (χ3n) is 3.22. The molecule has 1 fully saturated rings. The van der Waals surface area contributed by atoms with Gasteiger partial charge in [0.1, 0.15) is 0 Å². The van der Waals surface area contributed by atoms with Crippen LogP contribution in [0, 0.1) is 6.92 Å². The van der Waals surface area contributed by atoms with E-state index in [0.717, 1.165) is 25.3 Å². The zero-order valence-electron chi connectivity index (χ0n) is 11.3. The number of alkyl halides is 1. The fourth-order valence-corrected chi connectivity index (χ4v) is 2.67. The van der Waals surface area contributed by atoms with Gasteiger partial charge >= 0.3 is 0 Å². The molecule has 18 heavy (non-hydrogen) atoms. The molecule has 1 aliphatic rings. The van der Waals surface area contributed by atoms with Crippen LogP contribution in [0.2, 0.25) is 0 Å². The molecule has 100 valence electrons. The highest BCUT2D eigenvalue weighted by atomic mass is 35.5. The van der Waals surface area contributed by atoms with Gasteiger partial charge in [-0.15, -0.1) is 11.6 Å². The molecule has 1 saturated heterocycles. The summed E-state index contributed by atoms with van der Waals surface area (Å²) in [6.45, 7) is 8.99. The average Bonchev–Trinajstić information content (AvgIpc) is 2.30. The minimum Gasteiger partial charge on any atom is -0.368 e. The molecule has 0 spiro atoms. The summed E-state index contributed by atoms with van der Waals surface area (Å²) >= 11 is 5.94. The van der Waals surface area contributed by atoms with Gasteiger partial charge in [0, 0.05) is 31.7 Å². The van der Waals surface area contributed by atoms with Crippen LogP contribution < -0.4 is 0 Å². The topological polar surface area (TPSA) is 25.4 Å². The summed E-state index contributed by atoms with van der Waals surface area (Å²) in [4.78, 5) is 6.84. The van der Waals surface area contributed by atoms with Crippen molar-refractivity contribution in [2.24, 2.45) is 0 Å². The first-order chi connectivity index (χ1) is 8.50. The summed E-state index contributed by atoms with van der Waals surface area (Å²) in [7, 11) is 0. The van der Waals surface area contributed by atoms with Crippen molar-refractivity contribution in [2.45, 2.75) is 39.0 Å². The number of ether oxygens (including phenoxy) is 1. The van der Waals surface area contributed by atoms with E-state index < -0.39 is 0 Å². The molecule has 1 aromatic rings. The van der Waals surface area contributed by atoms with Crippen molar-refractivity contribution in [1.29, 1.82) is 0 Å². The van der Waals surface area contributed by atoms with Crippen molar-refractivity contribution < 1.29 is 4.74 Å². The molecule has 1 unspecified atom stereocenters. The fraction of sp³-hybridized carbons (Fsp3) is 0.643. The Hall–Kier alpha value is -0.640. The van der Waals surface area contributed by atoms with Gasteiger partial charge in [0.2, 0.25) is 0 Å². The van der Waals surface area contributed by atoms with E-state index in [1.54, 1.807) is 0 Å². The van der Waals surface area contributed by atoms with Crippen LogP contribution in [0.5, 0.6) is 0 Å². The predicted octanol–water partition coefficient (Wildman–Crippen LogP) is 2.61. The summed E-state index contributed by atoms with van der Waals surface area (Å²) in [6, 6.07) is 4.08. The van der Waals surface area contributed by atoms with E-state index >= 15 is 0 Å². The van der Waals surface area contributed by atoms with Crippen LogP contribution in [0.3, 0.4) is 0 Å². The highest BCUT2D eigenvalue weighted by Gasteiger charge is 2.33. The van der Waals surface area contributed by atoms with E-state index in [1.807, 2.05) is 12.3 Å². The van der Waals surface area contributed by atoms with E-state index in [-0.39, 0.29) is 11.7 Å². The maximum Gasteiger partial charge on any atom is 0.0845 e. The first-order valence-electron chi connectivity index (χ1n) is 6.37. The quantitative estimate of drug-likeness (QED) is 0.788. The SMILES string of the molecule is Cc1cccnc1CN1CC(CCl)OC(C)(C)C1. The smallest absolute Gasteiger partial charge is 0.0845 e. The lowest BCUT2D eigenvalue weighted by molar-refractivity contribution is -0.129. The molecule has 0 bridgehead atoms. The number of hydrogen-bond acceptors (Lipinski definition) is 3.